The van der Waals surface area contributed by atoms with E-state index in [-0.39, 0.29) is 11.5 Å². The van der Waals surface area contributed by atoms with Gasteiger partial charge in [-0.3, -0.25) is 4.98 Å². The minimum atomic E-state index is -2.91. The second-order valence-corrected chi connectivity index (χ2v) is 9.31. The fourth-order valence-corrected chi connectivity index (χ4v) is 5.65. The van der Waals surface area contributed by atoms with E-state index in [0.29, 0.717) is 12.4 Å². The Morgan fingerprint density at radius 2 is 1.97 bits per heavy atom. The SMILES string of the molecule is COc1cc(CN(C)c2nc(-c3cccnc3)nc3sc4c(c23)CCCC4)ccc1OC(F)F. The van der Waals surface area contributed by atoms with Crippen LogP contribution in [0.1, 0.15) is 28.8 Å². The molecule has 3 heterocycles. The molecule has 0 bridgehead atoms. The van der Waals surface area contributed by atoms with Gasteiger partial charge in [-0.25, -0.2) is 9.97 Å². The van der Waals surface area contributed by atoms with Crippen molar-refractivity contribution < 1.29 is 18.3 Å². The molecule has 4 aromatic rings. The first-order valence-corrected chi connectivity index (χ1v) is 11.9. The lowest BCUT2D eigenvalue weighted by Crippen LogP contribution is -2.19. The van der Waals surface area contributed by atoms with Gasteiger partial charge >= 0.3 is 6.61 Å². The third-order valence-corrected chi connectivity index (χ3v) is 7.13. The standard InChI is InChI=1S/C25H24F2N4O2S/c1-31(14-15-9-10-18(33-25(26)27)19(12-15)32-2)23-21-17-7-3-4-8-20(17)34-24(21)30-22(29-23)16-6-5-11-28-13-16/h5-6,9-13,25H,3-4,7-8,14H2,1-2H3. The van der Waals surface area contributed by atoms with Crippen LogP contribution in [-0.2, 0) is 19.4 Å². The quantitative estimate of drug-likeness (QED) is 0.328. The number of pyridine rings is 1. The number of hydrogen-bond donors (Lipinski definition) is 0. The van der Waals surface area contributed by atoms with E-state index in [1.165, 1.54) is 30.0 Å². The summed E-state index contributed by atoms with van der Waals surface area (Å²) in [4.78, 5) is 18.6. The Labute approximate surface area is 200 Å². The van der Waals surface area contributed by atoms with E-state index < -0.39 is 6.61 Å². The number of nitrogens with zero attached hydrogens (tertiary/aromatic N) is 4. The van der Waals surface area contributed by atoms with Gasteiger partial charge in [-0.2, -0.15) is 8.78 Å². The molecule has 9 heteroatoms. The van der Waals surface area contributed by atoms with Crippen molar-refractivity contribution in [1.82, 2.24) is 15.0 Å². The molecule has 176 valence electrons. The Kier molecular flexibility index (Phi) is 6.28. The highest BCUT2D eigenvalue weighted by Crippen LogP contribution is 2.41. The van der Waals surface area contributed by atoms with Crippen molar-refractivity contribution in [3.05, 3.63) is 58.7 Å². The van der Waals surface area contributed by atoms with Gasteiger partial charge in [-0.1, -0.05) is 6.07 Å². The molecule has 1 aliphatic rings. The number of halogens is 2. The lowest BCUT2D eigenvalue weighted by atomic mass is 9.97. The summed E-state index contributed by atoms with van der Waals surface area (Å²) in [5, 5.41) is 1.11. The van der Waals surface area contributed by atoms with Crippen molar-refractivity contribution in [2.45, 2.75) is 38.8 Å². The fourth-order valence-electron chi connectivity index (χ4n) is 4.39. The van der Waals surface area contributed by atoms with Crippen molar-refractivity contribution >= 4 is 27.4 Å². The van der Waals surface area contributed by atoms with Gasteiger partial charge in [0.2, 0.25) is 0 Å². The maximum absolute atomic E-state index is 12.7. The summed E-state index contributed by atoms with van der Waals surface area (Å²) in [5.74, 6) is 1.77. The van der Waals surface area contributed by atoms with Crippen molar-refractivity contribution in [3.63, 3.8) is 0 Å². The Balaban J connectivity index is 1.56. The largest absolute Gasteiger partial charge is 0.493 e. The Morgan fingerprint density at radius 3 is 2.74 bits per heavy atom. The minimum Gasteiger partial charge on any atom is -0.493 e. The first kappa shape index (κ1) is 22.5. The normalized spacial score (nSPS) is 13.2. The highest BCUT2D eigenvalue weighted by Gasteiger charge is 2.23. The van der Waals surface area contributed by atoms with E-state index in [2.05, 4.69) is 14.6 Å². The van der Waals surface area contributed by atoms with Gasteiger partial charge in [0.15, 0.2) is 17.3 Å². The number of fused-ring (bicyclic) bond motifs is 3. The van der Waals surface area contributed by atoms with Crippen LogP contribution in [0.4, 0.5) is 14.6 Å². The number of thiophene rings is 1. The van der Waals surface area contributed by atoms with Crippen LogP contribution in [0.5, 0.6) is 11.5 Å². The molecule has 5 rings (SSSR count). The van der Waals surface area contributed by atoms with Crippen LogP contribution in [0.2, 0.25) is 0 Å². The smallest absolute Gasteiger partial charge is 0.387 e. The molecule has 0 amide bonds. The van der Waals surface area contributed by atoms with E-state index in [0.717, 1.165) is 46.4 Å². The van der Waals surface area contributed by atoms with Crippen LogP contribution in [0.15, 0.2) is 42.7 Å². The molecule has 0 atom stereocenters. The predicted octanol–water partition coefficient (Wildman–Crippen LogP) is 5.88. The maximum atomic E-state index is 12.7. The van der Waals surface area contributed by atoms with E-state index in [4.69, 9.17) is 14.7 Å². The predicted molar refractivity (Wildman–Crippen MR) is 129 cm³/mol. The van der Waals surface area contributed by atoms with Crippen LogP contribution in [-0.4, -0.2) is 35.7 Å². The lowest BCUT2D eigenvalue weighted by Gasteiger charge is -2.22. The molecule has 1 aromatic carbocycles. The van der Waals surface area contributed by atoms with Gasteiger partial charge in [0, 0.05) is 36.4 Å². The second kappa shape index (κ2) is 9.50. The highest BCUT2D eigenvalue weighted by molar-refractivity contribution is 7.19. The number of methoxy groups -OCH3 is 1. The van der Waals surface area contributed by atoms with Gasteiger partial charge in [-0.15, -0.1) is 11.3 Å². The van der Waals surface area contributed by atoms with Crippen molar-refractivity contribution in [2.24, 2.45) is 0 Å². The molecule has 34 heavy (non-hydrogen) atoms. The summed E-state index contributed by atoms with van der Waals surface area (Å²) in [6.45, 7) is -2.40. The van der Waals surface area contributed by atoms with Crippen LogP contribution >= 0.6 is 11.3 Å². The number of hydrogen-bond acceptors (Lipinski definition) is 7. The maximum Gasteiger partial charge on any atom is 0.387 e. The first-order chi connectivity index (χ1) is 16.5. The molecule has 6 nitrogen and oxygen atoms in total. The van der Waals surface area contributed by atoms with Gasteiger partial charge in [-0.05, 0) is 61.1 Å². The average molecular weight is 483 g/mol. The third kappa shape index (κ3) is 4.40. The van der Waals surface area contributed by atoms with Crippen molar-refractivity contribution in [1.29, 1.82) is 0 Å². The Morgan fingerprint density at radius 1 is 1.12 bits per heavy atom. The zero-order valence-corrected chi connectivity index (χ0v) is 19.7. The zero-order chi connectivity index (χ0) is 23.7. The number of rotatable bonds is 7. The Hall–Kier alpha value is -3.33. The average Bonchev–Trinajstić information content (AvgIpc) is 3.23. The molecule has 0 fully saturated rings. The zero-order valence-electron chi connectivity index (χ0n) is 18.9. The summed E-state index contributed by atoms with van der Waals surface area (Å²) in [6.07, 6.45) is 7.96. The molecule has 0 saturated heterocycles. The van der Waals surface area contributed by atoms with E-state index in [1.807, 2.05) is 19.2 Å². The van der Waals surface area contributed by atoms with Crippen LogP contribution in [0.25, 0.3) is 21.6 Å². The van der Waals surface area contributed by atoms with Gasteiger partial charge < -0.3 is 14.4 Å². The van der Waals surface area contributed by atoms with E-state index in [9.17, 15) is 8.78 Å². The van der Waals surface area contributed by atoms with Crippen molar-refractivity contribution in [3.8, 4) is 22.9 Å². The molecule has 3 aromatic heterocycles. The topological polar surface area (TPSA) is 60.4 Å². The molecule has 0 saturated carbocycles. The van der Waals surface area contributed by atoms with Crippen LogP contribution < -0.4 is 14.4 Å². The molecule has 0 radical (unpaired) electrons. The van der Waals surface area contributed by atoms with Gasteiger partial charge in [0.25, 0.3) is 0 Å². The molecular formula is C25H24F2N4O2S. The van der Waals surface area contributed by atoms with E-state index in [1.54, 1.807) is 35.9 Å². The molecule has 0 unspecified atom stereocenters. The number of alkyl halides is 2. The number of ether oxygens (including phenoxy) is 2. The summed E-state index contributed by atoms with van der Waals surface area (Å²) >= 11 is 1.75. The second-order valence-electron chi connectivity index (χ2n) is 8.22. The summed E-state index contributed by atoms with van der Waals surface area (Å²) in [5.41, 5.74) is 3.10. The highest BCUT2D eigenvalue weighted by atomic mass is 32.1. The van der Waals surface area contributed by atoms with Crippen LogP contribution in [0.3, 0.4) is 0 Å². The molecule has 1 aliphatic carbocycles. The molecule has 0 spiro atoms. The van der Waals surface area contributed by atoms with Crippen molar-refractivity contribution in [2.75, 3.05) is 19.1 Å². The van der Waals surface area contributed by atoms with Gasteiger partial charge in [0.05, 0.1) is 12.5 Å². The fraction of sp³-hybridized carbons (Fsp3) is 0.320. The number of anilines is 1. The first-order valence-electron chi connectivity index (χ1n) is 11.1. The molecular weight excluding hydrogens is 458 g/mol. The lowest BCUT2D eigenvalue weighted by molar-refractivity contribution is -0.0512. The molecule has 0 N–H and O–H groups in total. The monoisotopic (exact) mass is 482 g/mol. The van der Waals surface area contributed by atoms with E-state index >= 15 is 0 Å². The molecule has 0 aliphatic heterocycles. The number of aromatic nitrogens is 3. The summed E-state index contributed by atoms with van der Waals surface area (Å²) in [7, 11) is 3.42. The van der Waals surface area contributed by atoms with Gasteiger partial charge in [0.1, 0.15) is 10.6 Å². The third-order valence-electron chi connectivity index (χ3n) is 5.94. The van der Waals surface area contributed by atoms with Crippen LogP contribution in [0, 0.1) is 0 Å². The minimum absolute atomic E-state index is 0.0131. The number of benzene rings is 1. The summed E-state index contributed by atoms with van der Waals surface area (Å²) in [6, 6.07) is 8.83. The summed E-state index contributed by atoms with van der Waals surface area (Å²) < 4.78 is 35.2. The number of aryl methyl sites for hydroxylation is 2. The Bertz CT molecular complexity index is 1310.